The number of likely N-dealkylation sites (tertiary alicyclic amines) is 1. The first kappa shape index (κ1) is 10.6. The Kier molecular flexibility index (Phi) is 3.69. The normalized spacial score (nSPS) is 22.9. The van der Waals surface area contributed by atoms with Crippen LogP contribution in [-0.4, -0.2) is 34.7 Å². The van der Waals surface area contributed by atoms with Gasteiger partial charge in [0.2, 0.25) is 0 Å². The fourth-order valence-electron chi connectivity index (χ4n) is 2.19. The number of aromatic nitrogens is 1. The molecule has 15 heavy (non-hydrogen) atoms. The summed E-state index contributed by atoms with van der Waals surface area (Å²) in [5.41, 5.74) is 1.26. The molecule has 2 rings (SSSR count). The first-order chi connectivity index (χ1) is 7.38. The molecule has 0 bridgehead atoms. The summed E-state index contributed by atoms with van der Waals surface area (Å²) in [6, 6.07) is 4.08. The van der Waals surface area contributed by atoms with Gasteiger partial charge in [-0.15, -0.1) is 0 Å². The molecule has 0 spiro atoms. The summed E-state index contributed by atoms with van der Waals surface area (Å²) in [5.74, 6) is 0.468. The fraction of sp³-hybridized carbons (Fsp3) is 0.583. The SMILES string of the molecule is OC[C@@H]1CCCN(Cc2cccnc2)C1. The number of rotatable bonds is 3. The predicted molar refractivity (Wildman–Crippen MR) is 59.3 cm³/mol. The van der Waals surface area contributed by atoms with Gasteiger partial charge in [0.25, 0.3) is 0 Å². The number of hydrogen-bond acceptors (Lipinski definition) is 3. The van der Waals surface area contributed by atoms with E-state index in [0.29, 0.717) is 12.5 Å². The van der Waals surface area contributed by atoms with Crippen LogP contribution in [0, 0.1) is 5.92 Å². The Morgan fingerprint density at radius 3 is 3.20 bits per heavy atom. The van der Waals surface area contributed by atoms with E-state index in [4.69, 9.17) is 5.11 Å². The highest BCUT2D eigenvalue weighted by molar-refractivity contribution is 5.08. The van der Waals surface area contributed by atoms with Gasteiger partial charge in [-0.05, 0) is 36.9 Å². The molecule has 1 aliphatic heterocycles. The summed E-state index contributed by atoms with van der Waals surface area (Å²) in [6.45, 7) is 3.45. The molecule has 0 amide bonds. The summed E-state index contributed by atoms with van der Waals surface area (Å²) in [4.78, 5) is 6.52. The van der Waals surface area contributed by atoms with Crippen LogP contribution < -0.4 is 0 Å². The van der Waals surface area contributed by atoms with Crippen molar-refractivity contribution in [2.24, 2.45) is 5.92 Å². The zero-order chi connectivity index (χ0) is 10.5. The van der Waals surface area contributed by atoms with Crippen LogP contribution in [0.1, 0.15) is 18.4 Å². The Morgan fingerprint density at radius 1 is 1.53 bits per heavy atom. The second-order valence-corrected chi connectivity index (χ2v) is 4.29. The van der Waals surface area contributed by atoms with Crippen molar-refractivity contribution in [3.63, 3.8) is 0 Å². The Morgan fingerprint density at radius 2 is 2.47 bits per heavy atom. The Balaban J connectivity index is 1.89. The van der Waals surface area contributed by atoms with Gasteiger partial charge in [-0.1, -0.05) is 6.07 Å². The van der Waals surface area contributed by atoms with Crippen molar-refractivity contribution in [3.05, 3.63) is 30.1 Å². The molecule has 1 saturated heterocycles. The number of pyridine rings is 1. The van der Waals surface area contributed by atoms with E-state index >= 15 is 0 Å². The molecule has 0 radical (unpaired) electrons. The number of piperidine rings is 1. The van der Waals surface area contributed by atoms with E-state index in [1.807, 2.05) is 12.3 Å². The molecule has 1 aliphatic rings. The summed E-state index contributed by atoms with van der Waals surface area (Å²) in [6.07, 6.45) is 6.09. The lowest BCUT2D eigenvalue weighted by molar-refractivity contribution is 0.116. The molecule has 3 heteroatoms. The average Bonchev–Trinajstić information content (AvgIpc) is 2.31. The van der Waals surface area contributed by atoms with Gasteiger partial charge in [-0.3, -0.25) is 9.88 Å². The fourth-order valence-corrected chi connectivity index (χ4v) is 2.19. The molecular formula is C12H18N2O. The molecule has 82 valence electrons. The van der Waals surface area contributed by atoms with Crippen molar-refractivity contribution < 1.29 is 5.11 Å². The molecule has 1 fully saturated rings. The quantitative estimate of drug-likeness (QED) is 0.809. The van der Waals surface area contributed by atoms with Crippen LogP contribution in [0.15, 0.2) is 24.5 Å². The third-order valence-electron chi connectivity index (χ3n) is 2.99. The van der Waals surface area contributed by atoms with Gasteiger partial charge in [0, 0.05) is 32.1 Å². The van der Waals surface area contributed by atoms with Gasteiger partial charge in [-0.25, -0.2) is 0 Å². The molecular weight excluding hydrogens is 188 g/mol. The Bertz CT molecular complexity index is 289. The van der Waals surface area contributed by atoms with E-state index in [1.165, 1.54) is 18.4 Å². The van der Waals surface area contributed by atoms with Crippen LogP contribution in [0.2, 0.25) is 0 Å². The van der Waals surface area contributed by atoms with Crippen molar-refractivity contribution >= 4 is 0 Å². The van der Waals surface area contributed by atoms with Crippen LogP contribution >= 0.6 is 0 Å². The van der Waals surface area contributed by atoms with Crippen molar-refractivity contribution in [2.75, 3.05) is 19.7 Å². The molecule has 0 unspecified atom stereocenters. The molecule has 2 heterocycles. The van der Waals surface area contributed by atoms with E-state index < -0.39 is 0 Å². The highest BCUT2D eigenvalue weighted by atomic mass is 16.3. The van der Waals surface area contributed by atoms with Crippen molar-refractivity contribution in [2.45, 2.75) is 19.4 Å². The average molecular weight is 206 g/mol. The summed E-state index contributed by atoms with van der Waals surface area (Å²) >= 11 is 0. The third-order valence-corrected chi connectivity index (χ3v) is 2.99. The number of hydrogen-bond donors (Lipinski definition) is 1. The number of aliphatic hydroxyl groups excluding tert-OH is 1. The van der Waals surface area contributed by atoms with Gasteiger partial charge in [0.1, 0.15) is 0 Å². The van der Waals surface area contributed by atoms with Crippen LogP contribution in [-0.2, 0) is 6.54 Å². The summed E-state index contributed by atoms with van der Waals surface area (Å²) in [7, 11) is 0. The van der Waals surface area contributed by atoms with Gasteiger partial charge in [0.05, 0.1) is 0 Å². The van der Waals surface area contributed by atoms with E-state index in [-0.39, 0.29) is 0 Å². The van der Waals surface area contributed by atoms with E-state index in [2.05, 4.69) is 16.0 Å². The van der Waals surface area contributed by atoms with Crippen LogP contribution in [0.3, 0.4) is 0 Å². The lowest BCUT2D eigenvalue weighted by Crippen LogP contribution is -2.36. The van der Waals surface area contributed by atoms with Crippen LogP contribution in [0.4, 0.5) is 0 Å². The zero-order valence-electron chi connectivity index (χ0n) is 8.97. The minimum Gasteiger partial charge on any atom is -0.396 e. The smallest absolute Gasteiger partial charge is 0.0471 e. The zero-order valence-corrected chi connectivity index (χ0v) is 8.97. The van der Waals surface area contributed by atoms with Crippen molar-refractivity contribution in [3.8, 4) is 0 Å². The van der Waals surface area contributed by atoms with Crippen molar-refractivity contribution in [1.82, 2.24) is 9.88 Å². The molecule has 1 aromatic rings. The second kappa shape index (κ2) is 5.24. The van der Waals surface area contributed by atoms with E-state index in [1.54, 1.807) is 6.20 Å². The number of nitrogens with zero attached hydrogens (tertiary/aromatic N) is 2. The minimum absolute atomic E-state index is 0.323. The van der Waals surface area contributed by atoms with Gasteiger partial charge >= 0.3 is 0 Å². The molecule has 0 aliphatic carbocycles. The third kappa shape index (κ3) is 3.01. The summed E-state index contributed by atoms with van der Waals surface area (Å²) in [5, 5.41) is 9.14. The first-order valence-electron chi connectivity index (χ1n) is 5.60. The molecule has 3 nitrogen and oxygen atoms in total. The van der Waals surface area contributed by atoms with Gasteiger partial charge in [0.15, 0.2) is 0 Å². The maximum absolute atomic E-state index is 9.14. The highest BCUT2D eigenvalue weighted by Gasteiger charge is 2.18. The lowest BCUT2D eigenvalue weighted by Gasteiger charge is -2.31. The van der Waals surface area contributed by atoms with Crippen LogP contribution in [0.5, 0.6) is 0 Å². The maximum atomic E-state index is 9.14. The summed E-state index contributed by atoms with van der Waals surface area (Å²) < 4.78 is 0. The molecule has 1 aromatic heterocycles. The maximum Gasteiger partial charge on any atom is 0.0471 e. The molecule has 0 aromatic carbocycles. The van der Waals surface area contributed by atoms with E-state index in [9.17, 15) is 0 Å². The molecule has 1 atom stereocenters. The predicted octanol–water partition coefficient (Wildman–Crippen LogP) is 1.29. The Labute approximate surface area is 90.8 Å². The van der Waals surface area contributed by atoms with Gasteiger partial charge < -0.3 is 5.11 Å². The highest BCUT2D eigenvalue weighted by Crippen LogP contribution is 2.17. The van der Waals surface area contributed by atoms with E-state index in [0.717, 1.165) is 19.6 Å². The standard InChI is InChI=1S/C12H18N2O/c15-10-12-4-2-6-14(9-12)8-11-3-1-5-13-7-11/h1,3,5,7,12,15H,2,4,6,8-10H2/t12-/m1/s1. The molecule has 1 N–H and O–H groups in total. The molecule has 0 saturated carbocycles. The topological polar surface area (TPSA) is 36.4 Å². The van der Waals surface area contributed by atoms with Crippen molar-refractivity contribution in [1.29, 1.82) is 0 Å². The lowest BCUT2D eigenvalue weighted by atomic mass is 9.99. The Hall–Kier alpha value is -0.930. The monoisotopic (exact) mass is 206 g/mol. The largest absolute Gasteiger partial charge is 0.396 e. The van der Waals surface area contributed by atoms with Crippen LogP contribution in [0.25, 0.3) is 0 Å². The van der Waals surface area contributed by atoms with Gasteiger partial charge in [-0.2, -0.15) is 0 Å². The minimum atomic E-state index is 0.323. The second-order valence-electron chi connectivity index (χ2n) is 4.29. The number of aliphatic hydroxyl groups is 1. The first-order valence-corrected chi connectivity index (χ1v) is 5.60.